The normalized spacial score (nSPS) is 10.0. The highest BCUT2D eigenvalue weighted by atomic mass is 16.5. The second kappa shape index (κ2) is 8.73. The third-order valence-corrected chi connectivity index (χ3v) is 3.61. The van der Waals surface area contributed by atoms with E-state index in [1.165, 1.54) is 14.0 Å². The van der Waals surface area contributed by atoms with E-state index >= 15 is 0 Å². The SMILES string of the molecule is COc1ccccc1CCC(=O)Nc1ccc(OC)c(NC(C)=O)c1. The Balaban J connectivity index is 2.01. The fourth-order valence-electron chi connectivity index (χ4n) is 2.45. The van der Waals surface area contributed by atoms with E-state index in [-0.39, 0.29) is 11.8 Å². The van der Waals surface area contributed by atoms with Gasteiger partial charge in [0.25, 0.3) is 0 Å². The van der Waals surface area contributed by atoms with Crippen LogP contribution >= 0.6 is 0 Å². The van der Waals surface area contributed by atoms with E-state index in [0.717, 1.165) is 11.3 Å². The molecule has 0 aliphatic heterocycles. The molecule has 0 saturated heterocycles. The monoisotopic (exact) mass is 342 g/mol. The Morgan fingerprint density at radius 1 is 0.960 bits per heavy atom. The molecule has 0 radical (unpaired) electrons. The van der Waals surface area contributed by atoms with Crippen LogP contribution in [0.5, 0.6) is 11.5 Å². The average molecular weight is 342 g/mol. The highest BCUT2D eigenvalue weighted by Gasteiger charge is 2.10. The minimum Gasteiger partial charge on any atom is -0.496 e. The zero-order chi connectivity index (χ0) is 18.2. The zero-order valence-electron chi connectivity index (χ0n) is 14.6. The smallest absolute Gasteiger partial charge is 0.224 e. The standard InChI is InChI=1S/C19H22N2O4/c1-13(22)20-16-12-15(9-10-18(16)25-3)21-19(23)11-8-14-6-4-5-7-17(14)24-2/h4-7,9-10,12H,8,11H2,1-3H3,(H,20,22)(H,21,23). The van der Waals surface area contributed by atoms with Gasteiger partial charge in [-0.15, -0.1) is 0 Å². The summed E-state index contributed by atoms with van der Waals surface area (Å²) in [4.78, 5) is 23.5. The molecule has 25 heavy (non-hydrogen) atoms. The molecule has 0 unspecified atom stereocenters. The zero-order valence-corrected chi connectivity index (χ0v) is 14.6. The van der Waals surface area contributed by atoms with E-state index in [2.05, 4.69) is 10.6 Å². The highest BCUT2D eigenvalue weighted by molar-refractivity contribution is 5.94. The summed E-state index contributed by atoms with van der Waals surface area (Å²) in [5, 5.41) is 5.51. The van der Waals surface area contributed by atoms with Crippen molar-refractivity contribution in [3.8, 4) is 11.5 Å². The van der Waals surface area contributed by atoms with Gasteiger partial charge in [0.2, 0.25) is 11.8 Å². The van der Waals surface area contributed by atoms with E-state index in [0.29, 0.717) is 30.0 Å². The van der Waals surface area contributed by atoms with Gasteiger partial charge in [-0.05, 0) is 36.2 Å². The van der Waals surface area contributed by atoms with Gasteiger partial charge in [-0.3, -0.25) is 9.59 Å². The van der Waals surface area contributed by atoms with Crippen LogP contribution in [0, 0.1) is 0 Å². The molecule has 0 aliphatic carbocycles. The van der Waals surface area contributed by atoms with Crippen LogP contribution < -0.4 is 20.1 Å². The summed E-state index contributed by atoms with van der Waals surface area (Å²) < 4.78 is 10.5. The third kappa shape index (κ3) is 5.24. The van der Waals surface area contributed by atoms with Crippen molar-refractivity contribution >= 4 is 23.2 Å². The maximum absolute atomic E-state index is 12.2. The molecule has 2 rings (SSSR count). The number of rotatable bonds is 7. The summed E-state index contributed by atoms with van der Waals surface area (Å²) in [5.41, 5.74) is 2.08. The molecule has 0 spiro atoms. The number of methoxy groups -OCH3 is 2. The van der Waals surface area contributed by atoms with Gasteiger partial charge in [0.15, 0.2) is 0 Å². The van der Waals surface area contributed by atoms with Gasteiger partial charge in [-0.25, -0.2) is 0 Å². The lowest BCUT2D eigenvalue weighted by atomic mass is 10.1. The van der Waals surface area contributed by atoms with Gasteiger partial charge in [0, 0.05) is 19.0 Å². The van der Waals surface area contributed by atoms with Crippen molar-refractivity contribution in [1.29, 1.82) is 0 Å². The van der Waals surface area contributed by atoms with E-state index in [4.69, 9.17) is 9.47 Å². The molecule has 6 nitrogen and oxygen atoms in total. The number of anilines is 2. The summed E-state index contributed by atoms with van der Waals surface area (Å²) in [7, 11) is 3.13. The fraction of sp³-hybridized carbons (Fsp3) is 0.263. The van der Waals surface area contributed by atoms with Crippen molar-refractivity contribution in [2.24, 2.45) is 0 Å². The number of para-hydroxylation sites is 1. The van der Waals surface area contributed by atoms with Crippen LogP contribution in [0.1, 0.15) is 18.9 Å². The number of carbonyl (C=O) groups excluding carboxylic acids is 2. The van der Waals surface area contributed by atoms with E-state index in [1.807, 2.05) is 24.3 Å². The maximum Gasteiger partial charge on any atom is 0.224 e. The number of carbonyl (C=O) groups is 2. The average Bonchev–Trinajstić information content (AvgIpc) is 2.60. The van der Waals surface area contributed by atoms with Gasteiger partial charge in [0.05, 0.1) is 19.9 Å². The van der Waals surface area contributed by atoms with E-state index in [9.17, 15) is 9.59 Å². The van der Waals surface area contributed by atoms with Gasteiger partial charge < -0.3 is 20.1 Å². The van der Waals surface area contributed by atoms with Gasteiger partial charge in [0.1, 0.15) is 11.5 Å². The van der Waals surface area contributed by atoms with Gasteiger partial charge in [-0.1, -0.05) is 18.2 Å². The predicted octanol–water partition coefficient (Wildman–Crippen LogP) is 3.23. The Kier molecular flexibility index (Phi) is 6.39. The van der Waals surface area contributed by atoms with Crippen LogP contribution in [0.3, 0.4) is 0 Å². The molecule has 0 fully saturated rings. The molecule has 2 N–H and O–H groups in total. The summed E-state index contributed by atoms with van der Waals surface area (Å²) in [6, 6.07) is 12.7. The minimum atomic E-state index is -0.210. The Hall–Kier alpha value is -3.02. The molecule has 6 heteroatoms. The lowest BCUT2D eigenvalue weighted by Gasteiger charge is -2.12. The first-order valence-electron chi connectivity index (χ1n) is 7.91. The van der Waals surface area contributed by atoms with Gasteiger partial charge >= 0.3 is 0 Å². The quantitative estimate of drug-likeness (QED) is 0.810. The van der Waals surface area contributed by atoms with Crippen molar-refractivity contribution in [3.05, 3.63) is 48.0 Å². The molecule has 0 heterocycles. The number of hydrogen-bond acceptors (Lipinski definition) is 4. The molecule has 2 aromatic rings. The Labute approximate surface area is 147 Å². The summed E-state index contributed by atoms with van der Waals surface area (Å²) in [5.74, 6) is 0.970. The highest BCUT2D eigenvalue weighted by Crippen LogP contribution is 2.28. The van der Waals surface area contributed by atoms with Crippen LogP contribution in [0.2, 0.25) is 0 Å². The van der Waals surface area contributed by atoms with Crippen molar-refractivity contribution in [2.45, 2.75) is 19.8 Å². The van der Waals surface area contributed by atoms with Gasteiger partial charge in [-0.2, -0.15) is 0 Å². The van der Waals surface area contributed by atoms with Crippen LogP contribution in [0.25, 0.3) is 0 Å². The molecule has 0 bridgehead atoms. The molecule has 0 atom stereocenters. The second-order valence-corrected chi connectivity index (χ2v) is 5.46. The molecular weight excluding hydrogens is 320 g/mol. The van der Waals surface area contributed by atoms with Crippen LogP contribution in [0.15, 0.2) is 42.5 Å². The van der Waals surface area contributed by atoms with Crippen molar-refractivity contribution < 1.29 is 19.1 Å². The van der Waals surface area contributed by atoms with Crippen molar-refractivity contribution in [1.82, 2.24) is 0 Å². The number of hydrogen-bond donors (Lipinski definition) is 2. The summed E-state index contributed by atoms with van der Waals surface area (Å²) in [6.45, 7) is 1.41. The number of benzene rings is 2. The number of ether oxygens (including phenoxy) is 2. The molecule has 0 aliphatic rings. The predicted molar refractivity (Wildman–Crippen MR) is 97.2 cm³/mol. The lowest BCUT2D eigenvalue weighted by Crippen LogP contribution is -2.13. The second-order valence-electron chi connectivity index (χ2n) is 5.46. The van der Waals surface area contributed by atoms with Crippen LogP contribution in [-0.2, 0) is 16.0 Å². The molecule has 132 valence electrons. The maximum atomic E-state index is 12.2. The van der Waals surface area contributed by atoms with E-state index < -0.39 is 0 Å². The van der Waals surface area contributed by atoms with Crippen LogP contribution in [-0.4, -0.2) is 26.0 Å². The molecule has 2 amide bonds. The Morgan fingerprint density at radius 3 is 2.36 bits per heavy atom. The molecular formula is C19H22N2O4. The lowest BCUT2D eigenvalue weighted by molar-refractivity contribution is -0.116. The Morgan fingerprint density at radius 2 is 1.68 bits per heavy atom. The minimum absolute atomic E-state index is 0.121. The first kappa shape index (κ1) is 18.3. The van der Waals surface area contributed by atoms with Crippen molar-refractivity contribution in [3.63, 3.8) is 0 Å². The first-order chi connectivity index (χ1) is 12.0. The summed E-state index contributed by atoms with van der Waals surface area (Å²) >= 11 is 0. The third-order valence-electron chi connectivity index (χ3n) is 3.61. The van der Waals surface area contributed by atoms with Crippen molar-refractivity contribution in [2.75, 3.05) is 24.9 Å². The first-order valence-corrected chi connectivity index (χ1v) is 7.91. The number of aryl methyl sites for hydroxylation is 1. The molecule has 0 saturated carbocycles. The van der Waals surface area contributed by atoms with Crippen LogP contribution in [0.4, 0.5) is 11.4 Å². The topological polar surface area (TPSA) is 76.7 Å². The largest absolute Gasteiger partial charge is 0.496 e. The fourth-order valence-corrected chi connectivity index (χ4v) is 2.45. The molecule has 2 aromatic carbocycles. The number of amides is 2. The molecule has 0 aromatic heterocycles. The van der Waals surface area contributed by atoms with E-state index in [1.54, 1.807) is 25.3 Å². The number of nitrogens with one attached hydrogen (secondary N) is 2. The summed E-state index contributed by atoms with van der Waals surface area (Å²) in [6.07, 6.45) is 0.895. The Bertz CT molecular complexity index is 759.